The zero-order chi connectivity index (χ0) is 18.9. The van der Waals surface area contributed by atoms with Gasteiger partial charge in [0.05, 0.1) is 18.5 Å². The molecule has 1 spiro atoms. The van der Waals surface area contributed by atoms with Gasteiger partial charge in [-0.1, -0.05) is 54.8 Å². The molecule has 1 aliphatic carbocycles. The first kappa shape index (κ1) is 18.7. The third-order valence-corrected chi connectivity index (χ3v) is 6.65. The molecule has 4 rings (SSSR count). The standard InChI is InChI=1S/C21H26ClN3O2/c22-18-12-19(26)25(16-23-18)15-21(27)10-11-24(13-17-6-2-1-3-7-17)14-20(21)8-4-5-9-20/h1-3,6-7,12,16,27H,4-5,8-11,13-15H2. The summed E-state index contributed by atoms with van der Waals surface area (Å²) in [6.45, 7) is 2.88. The van der Waals surface area contributed by atoms with E-state index in [1.54, 1.807) is 0 Å². The molecule has 5 nitrogen and oxygen atoms in total. The number of likely N-dealkylation sites (tertiary alicyclic amines) is 1. The van der Waals surface area contributed by atoms with E-state index in [1.807, 2.05) is 6.07 Å². The molecule has 1 N–H and O–H groups in total. The van der Waals surface area contributed by atoms with Crippen molar-refractivity contribution < 1.29 is 5.11 Å². The molecular weight excluding hydrogens is 362 g/mol. The first-order valence-corrected chi connectivity index (χ1v) is 10.1. The Morgan fingerprint density at radius 2 is 1.89 bits per heavy atom. The molecule has 1 saturated carbocycles. The van der Waals surface area contributed by atoms with E-state index in [9.17, 15) is 9.90 Å². The van der Waals surface area contributed by atoms with Crippen LogP contribution in [0.5, 0.6) is 0 Å². The maximum atomic E-state index is 12.3. The Labute approximate surface area is 164 Å². The van der Waals surface area contributed by atoms with Crippen molar-refractivity contribution in [1.29, 1.82) is 0 Å². The fraction of sp³-hybridized carbons (Fsp3) is 0.524. The van der Waals surface area contributed by atoms with Crippen LogP contribution in [0.4, 0.5) is 0 Å². The van der Waals surface area contributed by atoms with Crippen molar-refractivity contribution in [3.63, 3.8) is 0 Å². The lowest BCUT2D eigenvalue weighted by molar-refractivity contribution is -0.144. The number of rotatable bonds is 4. The van der Waals surface area contributed by atoms with Crippen molar-refractivity contribution in [2.75, 3.05) is 13.1 Å². The third-order valence-electron chi connectivity index (χ3n) is 6.44. The van der Waals surface area contributed by atoms with Crippen LogP contribution in [0.3, 0.4) is 0 Å². The Balaban J connectivity index is 1.57. The summed E-state index contributed by atoms with van der Waals surface area (Å²) in [5.74, 6) is 0. The van der Waals surface area contributed by atoms with Gasteiger partial charge in [-0.05, 0) is 24.8 Å². The van der Waals surface area contributed by atoms with Crippen LogP contribution in [0.2, 0.25) is 5.15 Å². The Morgan fingerprint density at radius 3 is 2.59 bits per heavy atom. The van der Waals surface area contributed by atoms with E-state index in [0.29, 0.717) is 6.42 Å². The predicted molar refractivity (Wildman–Crippen MR) is 106 cm³/mol. The molecule has 2 aliphatic rings. The number of aliphatic hydroxyl groups is 1. The second kappa shape index (κ2) is 7.38. The van der Waals surface area contributed by atoms with Crippen LogP contribution in [0.15, 0.2) is 47.5 Å². The molecule has 0 amide bonds. The molecule has 0 bridgehead atoms. The molecule has 1 aliphatic heterocycles. The van der Waals surface area contributed by atoms with E-state index in [-0.39, 0.29) is 22.7 Å². The average Bonchev–Trinajstić information content (AvgIpc) is 3.12. The summed E-state index contributed by atoms with van der Waals surface area (Å²) < 4.78 is 1.51. The number of benzene rings is 1. The number of aromatic nitrogens is 2. The van der Waals surface area contributed by atoms with Crippen molar-refractivity contribution in [2.24, 2.45) is 5.41 Å². The SMILES string of the molecule is O=c1cc(Cl)ncn1CC1(O)CCN(Cc2ccccc2)CC12CCCC2. The maximum Gasteiger partial charge on any atom is 0.254 e. The van der Waals surface area contributed by atoms with Gasteiger partial charge in [-0.15, -0.1) is 0 Å². The molecule has 1 unspecified atom stereocenters. The summed E-state index contributed by atoms with van der Waals surface area (Å²) in [6, 6.07) is 11.8. The molecular formula is C21H26ClN3O2. The van der Waals surface area contributed by atoms with E-state index in [1.165, 1.54) is 22.5 Å². The fourth-order valence-corrected chi connectivity index (χ4v) is 5.10. The fourth-order valence-electron chi connectivity index (χ4n) is 4.97. The average molecular weight is 388 g/mol. The van der Waals surface area contributed by atoms with Crippen LogP contribution in [-0.2, 0) is 13.1 Å². The molecule has 144 valence electrons. The summed E-state index contributed by atoms with van der Waals surface area (Å²) in [5, 5.41) is 11.9. The van der Waals surface area contributed by atoms with Gasteiger partial charge in [0.25, 0.3) is 5.56 Å². The van der Waals surface area contributed by atoms with E-state index < -0.39 is 5.60 Å². The summed E-state index contributed by atoms with van der Waals surface area (Å²) in [6.07, 6.45) is 6.40. The maximum absolute atomic E-state index is 12.3. The second-order valence-electron chi connectivity index (χ2n) is 8.14. The predicted octanol–water partition coefficient (Wildman–Crippen LogP) is 3.09. The Hall–Kier alpha value is -1.69. The molecule has 2 heterocycles. The zero-order valence-corrected chi connectivity index (χ0v) is 16.2. The van der Waals surface area contributed by atoms with E-state index in [2.05, 4.69) is 34.1 Å². The van der Waals surface area contributed by atoms with Crippen molar-refractivity contribution in [3.05, 3.63) is 63.8 Å². The smallest absolute Gasteiger partial charge is 0.254 e. The highest BCUT2D eigenvalue weighted by atomic mass is 35.5. The topological polar surface area (TPSA) is 58.4 Å². The van der Waals surface area contributed by atoms with Crippen molar-refractivity contribution in [3.8, 4) is 0 Å². The van der Waals surface area contributed by atoms with Gasteiger partial charge in [-0.3, -0.25) is 14.3 Å². The summed E-state index contributed by atoms with van der Waals surface area (Å²) in [4.78, 5) is 18.8. The lowest BCUT2D eigenvalue weighted by atomic mass is 9.66. The van der Waals surface area contributed by atoms with Crippen molar-refractivity contribution >= 4 is 11.6 Å². The highest BCUT2D eigenvalue weighted by Gasteiger charge is 2.54. The highest BCUT2D eigenvalue weighted by Crippen LogP contribution is 2.51. The van der Waals surface area contributed by atoms with Crippen molar-refractivity contribution in [2.45, 2.75) is 50.8 Å². The number of hydrogen-bond acceptors (Lipinski definition) is 4. The highest BCUT2D eigenvalue weighted by molar-refractivity contribution is 6.29. The molecule has 6 heteroatoms. The number of halogens is 1. The number of piperidine rings is 1. The molecule has 1 atom stereocenters. The van der Waals surface area contributed by atoms with Gasteiger partial charge >= 0.3 is 0 Å². The minimum atomic E-state index is -0.893. The summed E-state index contributed by atoms with van der Waals surface area (Å²) >= 11 is 5.82. The lowest BCUT2D eigenvalue weighted by Crippen LogP contribution is -2.61. The largest absolute Gasteiger partial charge is 0.387 e. The van der Waals surface area contributed by atoms with Crippen LogP contribution in [-0.4, -0.2) is 38.2 Å². The van der Waals surface area contributed by atoms with Gasteiger partial charge in [0, 0.05) is 31.1 Å². The molecule has 2 fully saturated rings. The van der Waals surface area contributed by atoms with Crippen LogP contribution in [0, 0.1) is 5.41 Å². The van der Waals surface area contributed by atoms with E-state index in [0.717, 1.165) is 45.3 Å². The van der Waals surface area contributed by atoms with Crippen LogP contribution in [0.1, 0.15) is 37.7 Å². The summed E-state index contributed by atoms with van der Waals surface area (Å²) in [7, 11) is 0. The Bertz CT molecular complexity index is 848. The zero-order valence-electron chi connectivity index (χ0n) is 15.5. The minimum absolute atomic E-state index is 0.168. The third kappa shape index (κ3) is 3.68. The first-order chi connectivity index (χ1) is 13.0. The van der Waals surface area contributed by atoms with Crippen LogP contribution in [0.25, 0.3) is 0 Å². The molecule has 0 radical (unpaired) electrons. The van der Waals surface area contributed by atoms with E-state index >= 15 is 0 Å². The molecule has 1 saturated heterocycles. The van der Waals surface area contributed by atoms with E-state index in [4.69, 9.17) is 11.6 Å². The van der Waals surface area contributed by atoms with Crippen LogP contribution < -0.4 is 5.56 Å². The molecule has 2 aromatic rings. The first-order valence-electron chi connectivity index (χ1n) is 9.70. The van der Waals surface area contributed by atoms with Gasteiger partial charge in [-0.2, -0.15) is 0 Å². The lowest BCUT2D eigenvalue weighted by Gasteiger charge is -2.52. The van der Waals surface area contributed by atoms with Crippen LogP contribution >= 0.6 is 11.6 Å². The van der Waals surface area contributed by atoms with Gasteiger partial charge in [0.1, 0.15) is 5.15 Å². The minimum Gasteiger partial charge on any atom is -0.387 e. The van der Waals surface area contributed by atoms with Gasteiger partial charge in [-0.25, -0.2) is 4.98 Å². The van der Waals surface area contributed by atoms with Gasteiger partial charge in [0.15, 0.2) is 0 Å². The molecule has 1 aromatic carbocycles. The molecule has 27 heavy (non-hydrogen) atoms. The second-order valence-corrected chi connectivity index (χ2v) is 8.53. The number of nitrogens with zero attached hydrogens (tertiary/aromatic N) is 3. The van der Waals surface area contributed by atoms with Gasteiger partial charge < -0.3 is 5.11 Å². The van der Waals surface area contributed by atoms with Crippen molar-refractivity contribution in [1.82, 2.24) is 14.5 Å². The Morgan fingerprint density at radius 1 is 1.15 bits per heavy atom. The monoisotopic (exact) mass is 387 g/mol. The number of hydrogen-bond donors (Lipinski definition) is 1. The summed E-state index contributed by atoms with van der Waals surface area (Å²) in [5.41, 5.74) is 0.0345. The Kier molecular flexibility index (Phi) is 5.10. The van der Waals surface area contributed by atoms with Gasteiger partial charge in [0.2, 0.25) is 0 Å². The quantitative estimate of drug-likeness (QED) is 0.819. The normalized spacial score (nSPS) is 25.1. The molecule has 1 aromatic heterocycles.